The van der Waals surface area contributed by atoms with Gasteiger partial charge in [0.05, 0.1) is 6.04 Å². The predicted octanol–water partition coefficient (Wildman–Crippen LogP) is 1.06. The Morgan fingerprint density at radius 3 is 2.70 bits per heavy atom. The Labute approximate surface area is 162 Å². The SMILES string of the molecule is NCCCC[C@@H]1NC(=O)[C@@H]2C[C@H](NC(=O)Nc3ccc(Cl)cc3)CN2C1=O. The summed E-state index contributed by atoms with van der Waals surface area (Å²) in [6.07, 6.45) is 2.59. The van der Waals surface area contributed by atoms with Gasteiger partial charge in [-0.2, -0.15) is 0 Å². The average Bonchev–Trinajstić information content (AvgIpc) is 3.06. The van der Waals surface area contributed by atoms with Crippen LogP contribution in [-0.2, 0) is 9.59 Å². The minimum Gasteiger partial charge on any atom is -0.343 e. The molecule has 0 spiro atoms. The first-order valence-electron chi connectivity index (χ1n) is 9.12. The third kappa shape index (κ3) is 4.70. The van der Waals surface area contributed by atoms with E-state index < -0.39 is 12.1 Å². The third-order valence-corrected chi connectivity index (χ3v) is 5.14. The zero-order valence-electron chi connectivity index (χ0n) is 14.9. The number of amides is 4. The van der Waals surface area contributed by atoms with E-state index in [-0.39, 0.29) is 23.9 Å². The maximum absolute atomic E-state index is 12.6. The van der Waals surface area contributed by atoms with Gasteiger partial charge in [-0.1, -0.05) is 11.6 Å². The maximum Gasteiger partial charge on any atom is 0.319 e. The summed E-state index contributed by atoms with van der Waals surface area (Å²) in [6, 6.07) is 5.08. The second-order valence-electron chi connectivity index (χ2n) is 6.89. The third-order valence-electron chi connectivity index (χ3n) is 4.89. The van der Waals surface area contributed by atoms with Gasteiger partial charge >= 0.3 is 6.03 Å². The molecular formula is C18H24ClN5O3. The quantitative estimate of drug-likeness (QED) is 0.540. The molecule has 2 heterocycles. The summed E-state index contributed by atoms with van der Waals surface area (Å²) < 4.78 is 0. The number of urea groups is 1. The molecule has 0 radical (unpaired) electrons. The highest BCUT2D eigenvalue weighted by molar-refractivity contribution is 6.30. The van der Waals surface area contributed by atoms with Gasteiger partial charge < -0.3 is 26.6 Å². The number of halogens is 1. The molecule has 3 rings (SSSR count). The van der Waals surface area contributed by atoms with Crippen LogP contribution in [0.2, 0.25) is 5.02 Å². The van der Waals surface area contributed by atoms with Crippen molar-refractivity contribution in [2.24, 2.45) is 5.73 Å². The number of nitrogens with two attached hydrogens (primary N) is 1. The summed E-state index contributed by atoms with van der Waals surface area (Å²) >= 11 is 5.82. The molecule has 0 saturated carbocycles. The molecule has 2 saturated heterocycles. The van der Waals surface area contributed by atoms with Gasteiger partial charge in [-0.05, 0) is 56.5 Å². The molecule has 2 aliphatic rings. The maximum atomic E-state index is 12.6. The molecular weight excluding hydrogens is 370 g/mol. The Hall–Kier alpha value is -2.32. The van der Waals surface area contributed by atoms with Crippen molar-refractivity contribution in [3.8, 4) is 0 Å². The van der Waals surface area contributed by atoms with Gasteiger partial charge in [0.1, 0.15) is 12.1 Å². The van der Waals surface area contributed by atoms with Crippen LogP contribution in [0.5, 0.6) is 0 Å². The summed E-state index contributed by atoms with van der Waals surface area (Å²) in [4.78, 5) is 38.8. The van der Waals surface area contributed by atoms with Gasteiger partial charge in [-0.25, -0.2) is 4.79 Å². The Balaban J connectivity index is 1.55. The van der Waals surface area contributed by atoms with Gasteiger partial charge in [0, 0.05) is 17.3 Å². The largest absolute Gasteiger partial charge is 0.343 e. The number of nitrogens with zero attached hydrogens (tertiary/aromatic N) is 1. The first kappa shape index (κ1) is 19.4. The Bertz CT molecular complexity index is 711. The summed E-state index contributed by atoms with van der Waals surface area (Å²) in [5.74, 6) is -0.242. The van der Waals surface area contributed by atoms with E-state index in [0.29, 0.717) is 36.6 Å². The monoisotopic (exact) mass is 393 g/mol. The fourth-order valence-corrected chi connectivity index (χ4v) is 3.66. The second-order valence-corrected chi connectivity index (χ2v) is 7.33. The van der Waals surface area contributed by atoms with Crippen molar-refractivity contribution in [3.63, 3.8) is 0 Å². The molecule has 0 bridgehead atoms. The first-order valence-corrected chi connectivity index (χ1v) is 9.49. The number of carbonyl (C=O) groups excluding carboxylic acids is 3. The van der Waals surface area contributed by atoms with Crippen molar-refractivity contribution < 1.29 is 14.4 Å². The van der Waals surface area contributed by atoms with Gasteiger partial charge in [0.15, 0.2) is 0 Å². The van der Waals surface area contributed by atoms with Crippen molar-refractivity contribution in [1.29, 1.82) is 0 Å². The smallest absolute Gasteiger partial charge is 0.319 e. The Kier molecular flexibility index (Phi) is 6.18. The van der Waals surface area contributed by atoms with Crippen molar-refractivity contribution in [1.82, 2.24) is 15.5 Å². The van der Waals surface area contributed by atoms with Crippen LogP contribution in [0, 0.1) is 0 Å². The van der Waals surface area contributed by atoms with Crippen LogP contribution in [-0.4, -0.2) is 54.0 Å². The van der Waals surface area contributed by atoms with Gasteiger partial charge in [0.2, 0.25) is 11.8 Å². The fourth-order valence-electron chi connectivity index (χ4n) is 3.54. The van der Waals surface area contributed by atoms with E-state index in [9.17, 15) is 14.4 Å². The highest BCUT2D eigenvalue weighted by Gasteiger charge is 2.46. The van der Waals surface area contributed by atoms with Crippen molar-refractivity contribution in [2.45, 2.75) is 43.8 Å². The van der Waals surface area contributed by atoms with E-state index in [1.165, 1.54) is 0 Å². The molecule has 2 fully saturated rings. The zero-order chi connectivity index (χ0) is 19.4. The van der Waals surface area contributed by atoms with Crippen molar-refractivity contribution in [3.05, 3.63) is 29.3 Å². The van der Waals surface area contributed by atoms with Crippen LogP contribution in [0.15, 0.2) is 24.3 Å². The van der Waals surface area contributed by atoms with E-state index >= 15 is 0 Å². The molecule has 5 N–H and O–H groups in total. The van der Waals surface area contributed by atoms with Crippen LogP contribution in [0.3, 0.4) is 0 Å². The molecule has 0 aromatic heterocycles. The summed E-state index contributed by atoms with van der Waals surface area (Å²) in [6.45, 7) is 0.897. The molecule has 0 aliphatic carbocycles. The molecule has 3 atom stereocenters. The van der Waals surface area contributed by atoms with E-state index in [2.05, 4.69) is 16.0 Å². The van der Waals surface area contributed by atoms with Gasteiger partial charge in [0.25, 0.3) is 0 Å². The topological polar surface area (TPSA) is 117 Å². The van der Waals surface area contributed by atoms with E-state index in [0.717, 1.165) is 12.8 Å². The van der Waals surface area contributed by atoms with E-state index in [1.807, 2.05) is 0 Å². The lowest BCUT2D eigenvalue weighted by atomic mass is 10.0. The lowest BCUT2D eigenvalue weighted by Gasteiger charge is -2.34. The van der Waals surface area contributed by atoms with Crippen LogP contribution >= 0.6 is 11.6 Å². The minimum absolute atomic E-state index is 0.0842. The molecule has 9 heteroatoms. The van der Waals surface area contributed by atoms with Crippen LogP contribution < -0.4 is 21.7 Å². The molecule has 1 aromatic rings. The highest BCUT2D eigenvalue weighted by Crippen LogP contribution is 2.24. The number of nitrogens with one attached hydrogen (secondary N) is 3. The predicted molar refractivity (Wildman–Crippen MR) is 102 cm³/mol. The zero-order valence-corrected chi connectivity index (χ0v) is 15.7. The van der Waals surface area contributed by atoms with Crippen molar-refractivity contribution in [2.75, 3.05) is 18.4 Å². The second kappa shape index (κ2) is 8.58. The number of anilines is 1. The van der Waals surface area contributed by atoms with Crippen LogP contribution in [0.4, 0.5) is 10.5 Å². The number of carbonyl (C=O) groups is 3. The number of hydrogen-bond acceptors (Lipinski definition) is 4. The van der Waals surface area contributed by atoms with E-state index in [4.69, 9.17) is 17.3 Å². The highest BCUT2D eigenvalue weighted by atomic mass is 35.5. The lowest BCUT2D eigenvalue weighted by Crippen LogP contribution is -2.61. The molecule has 0 unspecified atom stereocenters. The molecule has 2 aliphatic heterocycles. The van der Waals surface area contributed by atoms with Gasteiger partial charge in [-0.3, -0.25) is 9.59 Å². The summed E-state index contributed by atoms with van der Waals surface area (Å²) in [5.41, 5.74) is 6.10. The fraction of sp³-hybridized carbons (Fsp3) is 0.500. The molecule has 1 aromatic carbocycles. The standard InChI is InChI=1S/C18H24ClN5O3/c19-11-4-6-12(7-5-11)21-18(27)22-13-9-15-16(25)23-14(3-1-2-8-20)17(26)24(15)10-13/h4-7,13-15H,1-3,8-10,20H2,(H,23,25)(H2,21,22,27)/t13-,14-,15-/m0/s1. The number of fused-ring (bicyclic) bond motifs is 1. The number of piperazine rings is 1. The Morgan fingerprint density at radius 2 is 2.00 bits per heavy atom. The summed E-state index contributed by atoms with van der Waals surface area (Å²) in [5, 5.41) is 8.94. The normalized spacial score (nSPS) is 24.4. The van der Waals surface area contributed by atoms with Crippen molar-refractivity contribution >= 4 is 35.1 Å². The molecule has 4 amide bonds. The number of unbranched alkanes of at least 4 members (excludes halogenated alkanes) is 1. The minimum atomic E-state index is -0.524. The first-order chi connectivity index (χ1) is 13.0. The van der Waals surface area contributed by atoms with Gasteiger partial charge in [-0.15, -0.1) is 0 Å². The number of benzene rings is 1. The van der Waals surface area contributed by atoms with Crippen LogP contribution in [0.25, 0.3) is 0 Å². The number of hydrogen-bond donors (Lipinski definition) is 4. The summed E-state index contributed by atoms with van der Waals surface area (Å²) in [7, 11) is 0. The lowest BCUT2D eigenvalue weighted by molar-refractivity contribution is -0.147. The van der Waals surface area contributed by atoms with Crippen LogP contribution in [0.1, 0.15) is 25.7 Å². The Morgan fingerprint density at radius 1 is 1.26 bits per heavy atom. The average molecular weight is 394 g/mol. The number of rotatable bonds is 6. The van der Waals surface area contributed by atoms with E-state index in [1.54, 1.807) is 29.2 Å². The molecule has 146 valence electrons. The molecule has 27 heavy (non-hydrogen) atoms. The molecule has 8 nitrogen and oxygen atoms in total.